The Bertz CT molecular complexity index is 571. The van der Waals surface area contributed by atoms with E-state index in [2.05, 4.69) is 14.1 Å². The standard InChI is InChI=1S/C15H22N4O3S/c1-10-13(18-23-17-10)15(21)19-6-7-22-9-11(8-19)14(20)16-12-4-2-3-5-12/h11-12H,2-9H2,1H3,(H,16,20). The first-order chi connectivity index (χ1) is 11.1. The average Bonchev–Trinajstić information content (AvgIpc) is 3.12. The monoisotopic (exact) mass is 338 g/mol. The van der Waals surface area contributed by atoms with Gasteiger partial charge < -0.3 is 15.0 Å². The van der Waals surface area contributed by atoms with Crippen molar-refractivity contribution in [3.05, 3.63) is 11.4 Å². The minimum atomic E-state index is -0.325. The highest BCUT2D eigenvalue weighted by atomic mass is 32.1. The number of hydrogen-bond acceptors (Lipinski definition) is 6. The fourth-order valence-corrected chi connectivity index (χ4v) is 3.66. The maximum Gasteiger partial charge on any atom is 0.275 e. The lowest BCUT2D eigenvalue weighted by molar-refractivity contribution is -0.127. The van der Waals surface area contributed by atoms with E-state index >= 15 is 0 Å². The summed E-state index contributed by atoms with van der Waals surface area (Å²) in [5.41, 5.74) is 1.02. The zero-order chi connectivity index (χ0) is 16.2. The molecule has 2 fully saturated rings. The minimum Gasteiger partial charge on any atom is -0.379 e. The van der Waals surface area contributed by atoms with Crippen molar-refractivity contribution in [2.45, 2.75) is 38.6 Å². The maximum absolute atomic E-state index is 12.6. The first-order valence-electron chi connectivity index (χ1n) is 8.11. The molecule has 1 aliphatic carbocycles. The van der Waals surface area contributed by atoms with E-state index in [0.29, 0.717) is 37.7 Å². The third-order valence-corrected chi connectivity index (χ3v) is 5.10. The molecule has 1 aliphatic heterocycles. The molecule has 1 atom stereocenters. The summed E-state index contributed by atoms with van der Waals surface area (Å²) in [7, 11) is 0. The third kappa shape index (κ3) is 3.87. The summed E-state index contributed by atoms with van der Waals surface area (Å²) >= 11 is 1.03. The largest absolute Gasteiger partial charge is 0.379 e. The average molecular weight is 338 g/mol. The fourth-order valence-electron chi connectivity index (χ4n) is 3.12. The van der Waals surface area contributed by atoms with Gasteiger partial charge in [-0.1, -0.05) is 12.8 Å². The number of nitrogens with zero attached hydrogens (tertiary/aromatic N) is 3. The third-order valence-electron chi connectivity index (χ3n) is 4.48. The number of nitrogens with one attached hydrogen (secondary N) is 1. The minimum absolute atomic E-state index is 0.00951. The van der Waals surface area contributed by atoms with Gasteiger partial charge >= 0.3 is 0 Å². The Balaban J connectivity index is 1.64. The van der Waals surface area contributed by atoms with E-state index in [1.807, 2.05) is 0 Å². The smallest absolute Gasteiger partial charge is 0.275 e. The number of hydrogen-bond donors (Lipinski definition) is 1. The van der Waals surface area contributed by atoms with Crippen LogP contribution in [0.3, 0.4) is 0 Å². The van der Waals surface area contributed by atoms with Gasteiger partial charge in [0, 0.05) is 19.1 Å². The molecule has 2 heterocycles. The van der Waals surface area contributed by atoms with Gasteiger partial charge in [0.15, 0.2) is 5.69 Å². The van der Waals surface area contributed by atoms with E-state index in [4.69, 9.17) is 4.74 Å². The van der Waals surface area contributed by atoms with Crippen molar-refractivity contribution in [3.63, 3.8) is 0 Å². The van der Waals surface area contributed by atoms with E-state index in [1.165, 1.54) is 12.8 Å². The zero-order valence-electron chi connectivity index (χ0n) is 13.3. The Morgan fingerprint density at radius 2 is 2.09 bits per heavy atom. The van der Waals surface area contributed by atoms with Crippen LogP contribution >= 0.6 is 11.7 Å². The molecule has 3 rings (SSSR count). The maximum atomic E-state index is 12.6. The summed E-state index contributed by atoms with van der Waals surface area (Å²) < 4.78 is 13.7. The van der Waals surface area contributed by atoms with Crippen molar-refractivity contribution >= 4 is 23.5 Å². The van der Waals surface area contributed by atoms with Crippen molar-refractivity contribution in [1.29, 1.82) is 0 Å². The van der Waals surface area contributed by atoms with Crippen LogP contribution in [0.1, 0.15) is 41.9 Å². The number of rotatable bonds is 3. The zero-order valence-corrected chi connectivity index (χ0v) is 14.1. The van der Waals surface area contributed by atoms with Crippen molar-refractivity contribution in [2.24, 2.45) is 5.92 Å². The Hall–Kier alpha value is -1.54. The van der Waals surface area contributed by atoms with Crippen LogP contribution < -0.4 is 5.32 Å². The molecule has 1 saturated carbocycles. The van der Waals surface area contributed by atoms with E-state index in [1.54, 1.807) is 11.8 Å². The van der Waals surface area contributed by atoms with Crippen LogP contribution in [-0.4, -0.2) is 57.8 Å². The molecule has 8 heteroatoms. The topological polar surface area (TPSA) is 84.4 Å². The molecule has 0 radical (unpaired) electrons. The predicted octanol–water partition coefficient (Wildman–Crippen LogP) is 0.994. The molecule has 1 aromatic heterocycles. The van der Waals surface area contributed by atoms with Crippen molar-refractivity contribution < 1.29 is 14.3 Å². The van der Waals surface area contributed by atoms with E-state index in [-0.39, 0.29) is 23.8 Å². The number of carbonyl (C=O) groups excluding carboxylic acids is 2. The lowest BCUT2D eigenvalue weighted by Gasteiger charge is -2.23. The van der Waals surface area contributed by atoms with Crippen molar-refractivity contribution in [3.8, 4) is 0 Å². The molecule has 2 aliphatic rings. The second kappa shape index (κ2) is 7.35. The molecule has 0 spiro atoms. The molecule has 7 nitrogen and oxygen atoms in total. The van der Waals surface area contributed by atoms with Crippen LogP contribution in [0, 0.1) is 12.8 Å². The molecule has 1 unspecified atom stereocenters. The Kier molecular flexibility index (Phi) is 5.22. The van der Waals surface area contributed by atoms with Crippen LogP contribution in [0.2, 0.25) is 0 Å². The highest BCUT2D eigenvalue weighted by Crippen LogP contribution is 2.19. The molecule has 126 valence electrons. The normalized spacial score (nSPS) is 22.8. The first kappa shape index (κ1) is 16.3. The molecule has 0 aromatic carbocycles. The Morgan fingerprint density at radius 1 is 1.30 bits per heavy atom. The van der Waals surface area contributed by atoms with Crippen LogP contribution in [0.15, 0.2) is 0 Å². The highest BCUT2D eigenvalue weighted by molar-refractivity contribution is 6.99. The molecule has 0 bridgehead atoms. The molecule has 1 aromatic rings. The number of amides is 2. The lowest BCUT2D eigenvalue weighted by atomic mass is 10.1. The van der Waals surface area contributed by atoms with Crippen molar-refractivity contribution in [1.82, 2.24) is 19.0 Å². The van der Waals surface area contributed by atoms with Crippen LogP contribution in [-0.2, 0) is 9.53 Å². The number of aromatic nitrogens is 2. The van der Waals surface area contributed by atoms with Gasteiger partial charge in [-0.15, -0.1) is 0 Å². The van der Waals surface area contributed by atoms with Gasteiger partial charge in [-0.05, 0) is 19.8 Å². The predicted molar refractivity (Wildman–Crippen MR) is 85.3 cm³/mol. The molecule has 1 saturated heterocycles. The second-order valence-electron chi connectivity index (χ2n) is 6.21. The van der Waals surface area contributed by atoms with Crippen LogP contribution in [0.4, 0.5) is 0 Å². The van der Waals surface area contributed by atoms with Gasteiger partial charge in [0.1, 0.15) is 0 Å². The number of ether oxygens (including phenoxy) is 1. The van der Waals surface area contributed by atoms with E-state index in [0.717, 1.165) is 24.6 Å². The van der Waals surface area contributed by atoms with Gasteiger partial charge in [0.25, 0.3) is 5.91 Å². The van der Waals surface area contributed by atoms with E-state index in [9.17, 15) is 9.59 Å². The summed E-state index contributed by atoms with van der Waals surface area (Å²) in [5, 5.41) is 3.10. The Morgan fingerprint density at radius 3 is 2.78 bits per heavy atom. The summed E-state index contributed by atoms with van der Waals surface area (Å²) in [5.74, 6) is -0.501. The van der Waals surface area contributed by atoms with Gasteiger partial charge in [0.2, 0.25) is 5.91 Å². The fraction of sp³-hybridized carbons (Fsp3) is 0.733. The Labute approximate surface area is 139 Å². The van der Waals surface area contributed by atoms with Crippen molar-refractivity contribution in [2.75, 3.05) is 26.3 Å². The van der Waals surface area contributed by atoms with Gasteiger partial charge in [-0.2, -0.15) is 8.75 Å². The second-order valence-corrected chi connectivity index (χ2v) is 6.74. The molecule has 23 heavy (non-hydrogen) atoms. The quantitative estimate of drug-likeness (QED) is 0.888. The SMILES string of the molecule is Cc1nsnc1C(=O)N1CCOCC(C(=O)NC2CCCC2)C1. The van der Waals surface area contributed by atoms with Gasteiger partial charge in [-0.3, -0.25) is 9.59 Å². The number of carbonyl (C=O) groups is 2. The van der Waals surface area contributed by atoms with Crippen LogP contribution in [0.5, 0.6) is 0 Å². The summed E-state index contributed by atoms with van der Waals surface area (Å²) in [6.45, 7) is 3.42. The lowest BCUT2D eigenvalue weighted by Crippen LogP contribution is -2.44. The molecule has 2 amide bonds. The summed E-state index contributed by atoms with van der Waals surface area (Å²) in [6.07, 6.45) is 4.44. The highest BCUT2D eigenvalue weighted by Gasteiger charge is 2.31. The summed E-state index contributed by atoms with van der Waals surface area (Å²) in [4.78, 5) is 26.7. The number of aryl methyl sites for hydroxylation is 1. The van der Waals surface area contributed by atoms with Crippen LogP contribution in [0.25, 0.3) is 0 Å². The van der Waals surface area contributed by atoms with Gasteiger partial charge in [0.05, 0.1) is 36.6 Å². The van der Waals surface area contributed by atoms with Gasteiger partial charge in [-0.25, -0.2) is 0 Å². The van der Waals surface area contributed by atoms with E-state index < -0.39 is 0 Å². The molecule has 1 N–H and O–H groups in total. The summed E-state index contributed by atoms with van der Waals surface area (Å²) in [6, 6.07) is 0.278. The molecular formula is C15H22N4O3S. The molecular weight excluding hydrogens is 316 g/mol. The first-order valence-corrected chi connectivity index (χ1v) is 8.84.